The number of amides is 3. The molecule has 0 bridgehead atoms. The summed E-state index contributed by atoms with van der Waals surface area (Å²) in [7, 11) is 0. The van der Waals surface area contributed by atoms with Crippen LogP contribution in [0.5, 0.6) is 0 Å². The topological polar surface area (TPSA) is 86.4 Å². The summed E-state index contributed by atoms with van der Waals surface area (Å²) < 4.78 is 5.38. The number of halogens is 1. The summed E-state index contributed by atoms with van der Waals surface area (Å²) in [5, 5.41) is 8.61. The van der Waals surface area contributed by atoms with Crippen LogP contribution >= 0.6 is 11.6 Å². The van der Waals surface area contributed by atoms with Gasteiger partial charge in [0, 0.05) is 50.4 Å². The Bertz CT molecular complexity index is 1200. The highest BCUT2D eigenvalue weighted by Gasteiger charge is 2.41. The minimum absolute atomic E-state index is 0.0333. The first-order valence-corrected chi connectivity index (χ1v) is 14.4. The van der Waals surface area contributed by atoms with Crippen LogP contribution in [0.2, 0.25) is 5.02 Å². The highest BCUT2D eigenvalue weighted by atomic mass is 35.5. The van der Waals surface area contributed by atoms with E-state index in [4.69, 9.17) is 21.2 Å². The van der Waals surface area contributed by atoms with Gasteiger partial charge in [-0.2, -0.15) is 5.06 Å². The van der Waals surface area contributed by atoms with E-state index >= 15 is 0 Å². The summed E-state index contributed by atoms with van der Waals surface area (Å²) >= 11 is 6.70. The number of hydrogen-bond donors (Lipinski definition) is 2. The van der Waals surface area contributed by atoms with Crippen molar-refractivity contribution in [3.05, 3.63) is 52.5 Å². The number of hydrogen-bond acceptors (Lipinski definition) is 6. The molecular formula is C29H36ClN5O4. The van der Waals surface area contributed by atoms with Gasteiger partial charge in [0.1, 0.15) is 6.73 Å². The van der Waals surface area contributed by atoms with Crippen molar-refractivity contribution in [1.82, 2.24) is 20.2 Å². The molecule has 3 heterocycles. The molecule has 3 fully saturated rings. The first kappa shape index (κ1) is 26.5. The summed E-state index contributed by atoms with van der Waals surface area (Å²) in [6.07, 6.45) is 5.15. The third-order valence-corrected chi connectivity index (χ3v) is 8.72. The van der Waals surface area contributed by atoms with Crippen LogP contribution in [-0.2, 0) is 15.1 Å². The number of fused-ring (bicyclic) bond motifs is 2. The fourth-order valence-corrected chi connectivity index (χ4v) is 6.43. The molecule has 0 atom stereocenters. The smallest absolute Gasteiger partial charge is 0.319 e. The zero-order valence-electron chi connectivity index (χ0n) is 22.2. The summed E-state index contributed by atoms with van der Waals surface area (Å²) in [6, 6.07) is 11.6. The van der Waals surface area contributed by atoms with E-state index in [1.54, 1.807) is 0 Å². The van der Waals surface area contributed by atoms with Gasteiger partial charge in [-0.1, -0.05) is 43.0 Å². The molecule has 9 nitrogen and oxygen atoms in total. The largest absolute Gasteiger partial charge is 0.379 e. The average molecular weight is 554 g/mol. The maximum atomic E-state index is 13.2. The summed E-state index contributed by atoms with van der Waals surface area (Å²) in [5.41, 5.74) is 4.03. The normalized spacial score (nSPS) is 21.8. The van der Waals surface area contributed by atoms with Crippen molar-refractivity contribution in [2.45, 2.75) is 37.6 Å². The van der Waals surface area contributed by atoms with Gasteiger partial charge in [0.25, 0.3) is 5.91 Å². The van der Waals surface area contributed by atoms with Gasteiger partial charge in [-0.25, -0.2) is 4.79 Å². The standard InChI is InChI=1S/C29H36ClN5O4/c30-25-19-23(18-24-26(25)31-28(37)32-29(24)8-2-1-3-9-29)21-4-6-22(7-5-21)27(36)34-10-12-35(13-11-34)39-20-33-14-16-38-17-15-33/h4-7,18-19H,1-3,8-17,20H2,(H2,31,32,37). The molecule has 3 aliphatic heterocycles. The zero-order valence-corrected chi connectivity index (χ0v) is 23.0. The third kappa shape index (κ3) is 5.64. The van der Waals surface area contributed by atoms with Crippen LogP contribution in [-0.4, -0.2) is 86.0 Å². The third-order valence-electron chi connectivity index (χ3n) is 8.42. The quantitative estimate of drug-likeness (QED) is 0.575. The fourth-order valence-electron chi connectivity index (χ4n) is 6.16. The van der Waals surface area contributed by atoms with E-state index in [0.29, 0.717) is 49.2 Å². The highest BCUT2D eigenvalue weighted by molar-refractivity contribution is 6.34. The SMILES string of the molecule is O=C1Nc2c(Cl)cc(-c3ccc(C(=O)N4CCN(OCN5CCOCC5)CC4)cc3)cc2C2(CCCCC2)N1. The molecule has 39 heavy (non-hydrogen) atoms. The summed E-state index contributed by atoms with van der Waals surface area (Å²) in [6.45, 7) is 6.48. The number of ether oxygens (including phenoxy) is 1. The molecule has 2 saturated heterocycles. The zero-order chi connectivity index (χ0) is 26.8. The van der Waals surface area contributed by atoms with E-state index in [1.807, 2.05) is 40.3 Å². The number of anilines is 1. The predicted octanol–water partition coefficient (Wildman–Crippen LogP) is 4.28. The number of rotatable bonds is 5. The minimum atomic E-state index is -0.375. The van der Waals surface area contributed by atoms with E-state index in [0.717, 1.165) is 68.7 Å². The van der Waals surface area contributed by atoms with E-state index in [-0.39, 0.29) is 17.5 Å². The van der Waals surface area contributed by atoms with Crippen LogP contribution in [0, 0.1) is 0 Å². The first-order valence-electron chi connectivity index (χ1n) is 14.0. The van der Waals surface area contributed by atoms with Crippen molar-refractivity contribution >= 4 is 29.2 Å². The number of benzene rings is 2. The first-order chi connectivity index (χ1) is 19.0. The van der Waals surface area contributed by atoms with Gasteiger partial charge in [-0.3, -0.25) is 14.5 Å². The summed E-state index contributed by atoms with van der Waals surface area (Å²) in [4.78, 5) is 35.7. The Labute approximate surface area is 234 Å². The number of nitrogens with zero attached hydrogens (tertiary/aromatic N) is 3. The van der Waals surface area contributed by atoms with Crippen molar-refractivity contribution in [3.63, 3.8) is 0 Å². The molecule has 208 valence electrons. The van der Waals surface area contributed by atoms with Gasteiger partial charge < -0.3 is 20.3 Å². The molecule has 2 aromatic carbocycles. The highest BCUT2D eigenvalue weighted by Crippen LogP contribution is 2.46. The Morgan fingerprint density at radius 2 is 1.67 bits per heavy atom. The molecule has 0 radical (unpaired) electrons. The van der Waals surface area contributed by atoms with Gasteiger partial charge in [-0.05, 0) is 48.2 Å². The fraction of sp³-hybridized carbons (Fsp3) is 0.517. The Morgan fingerprint density at radius 1 is 0.949 bits per heavy atom. The van der Waals surface area contributed by atoms with E-state index in [1.165, 1.54) is 6.42 Å². The molecule has 1 saturated carbocycles. The second kappa shape index (κ2) is 11.4. The molecule has 2 aromatic rings. The molecule has 6 rings (SSSR count). The van der Waals surface area contributed by atoms with Crippen LogP contribution in [0.1, 0.15) is 48.0 Å². The lowest BCUT2D eigenvalue weighted by Gasteiger charge is -2.43. The van der Waals surface area contributed by atoms with E-state index in [9.17, 15) is 9.59 Å². The van der Waals surface area contributed by atoms with Crippen molar-refractivity contribution in [1.29, 1.82) is 0 Å². The average Bonchev–Trinajstić information content (AvgIpc) is 2.97. The van der Waals surface area contributed by atoms with Crippen molar-refractivity contribution < 1.29 is 19.2 Å². The van der Waals surface area contributed by atoms with Gasteiger partial charge >= 0.3 is 6.03 Å². The number of carbonyl (C=O) groups excluding carboxylic acids is 2. The molecule has 0 unspecified atom stereocenters. The molecular weight excluding hydrogens is 518 g/mol. The lowest BCUT2D eigenvalue weighted by atomic mass is 9.74. The molecule has 1 spiro atoms. The van der Waals surface area contributed by atoms with Gasteiger partial charge in [0.05, 0.1) is 29.5 Å². The molecule has 3 amide bonds. The Balaban J connectivity index is 1.11. The van der Waals surface area contributed by atoms with Crippen LogP contribution in [0.4, 0.5) is 10.5 Å². The monoisotopic (exact) mass is 553 g/mol. The maximum Gasteiger partial charge on any atom is 0.319 e. The van der Waals surface area contributed by atoms with E-state index < -0.39 is 0 Å². The summed E-state index contributed by atoms with van der Waals surface area (Å²) in [5.74, 6) is 0.0333. The number of nitrogens with one attached hydrogen (secondary N) is 2. The Hall–Kier alpha value is -2.69. The Morgan fingerprint density at radius 3 is 2.38 bits per heavy atom. The van der Waals surface area contributed by atoms with Crippen molar-refractivity contribution in [2.24, 2.45) is 0 Å². The lowest BCUT2D eigenvalue weighted by molar-refractivity contribution is -0.208. The molecule has 1 aliphatic carbocycles. The number of hydroxylamine groups is 2. The number of piperazine rings is 1. The molecule has 2 N–H and O–H groups in total. The van der Waals surface area contributed by atoms with Crippen LogP contribution in [0.25, 0.3) is 11.1 Å². The number of urea groups is 1. The molecule has 4 aliphatic rings. The molecule has 0 aromatic heterocycles. The molecule has 10 heteroatoms. The van der Waals surface area contributed by atoms with Crippen LogP contribution < -0.4 is 10.6 Å². The van der Waals surface area contributed by atoms with Crippen LogP contribution in [0.3, 0.4) is 0 Å². The second-order valence-corrected chi connectivity index (χ2v) is 11.3. The number of morpholine rings is 1. The predicted molar refractivity (Wildman–Crippen MR) is 150 cm³/mol. The van der Waals surface area contributed by atoms with Gasteiger partial charge in [-0.15, -0.1) is 0 Å². The van der Waals surface area contributed by atoms with Gasteiger partial charge in [0.2, 0.25) is 0 Å². The van der Waals surface area contributed by atoms with E-state index in [2.05, 4.69) is 21.6 Å². The van der Waals surface area contributed by atoms with Crippen molar-refractivity contribution in [2.75, 3.05) is 64.5 Å². The lowest BCUT2D eigenvalue weighted by Crippen LogP contribution is -2.52. The maximum absolute atomic E-state index is 13.2. The Kier molecular flexibility index (Phi) is 7.77. The van der Waals surface area contributed by atoms with Gasteiger partial charge in [0.15, 0.2) is 0 Å². The number of carbonyl (C=O) groups is 2. The minimum Gasteiger partial charge on any atom is -0.379 e. The second-order valence-electron chi connectivity index (χ2n) is 10.9. The van der Waals surface area contributed by atoms with Crippen LogP contribution in [0.15, 0.2) is 36.4 Å². The van der Waals surface area contributed by atoms with Crippen molar-refractivity contribution in [3.8, 4) is 11.1 Å².